The van der Waals surface area contributed by atoms with E-state index >= 15 is 0 Å². The molecule has 2 N–H and O–H groups in total. The zero-order chi connectivity index (χ0) is 34.4. The van der Waals surface area contributed by atoms with Crippen LogP contribution in [0.25, 0.3) is 43.6 Å². The molecule has 4 aromatic carbocycles. The fourth-order valence-electron chi connectivity index (χ4n) is 5.01. The quantitative estimate of drug-likeness (QED) is 0.0558. The summed E-state index contributed by atoms with van der Waals surface area (Å²) in [7, 11) is 0. The number of halogens is 8. The van der Waals surface area contributed by atoms with Crippen LogP contribution in [0, 0.1) is 0 Å². The predicted molar refractivity (Wildman–Crippen MR) is 169 cm³/mol. The zero-order valence-corrected chi connectivity index (χ0v) is 25.4. The van der Waals surface area contributed by atoms with Crippen molar-refractivity contribution in [2.45, 2.75) is 12.4 Å². The maximum Gasteiger partial charge on any atom is 0.491 e. The second-order valence-electron chi connectivity index (χ2n) is 10.3. The first-order valence-corrected chi connectivity index (χ1v) is 14.5. The van der Waals surface area contributed by atoms with Crippen molar-refractivity contribution in [2.75, 3.05) is 23.7 Å². The van der Waals surface area contributed by atoms with Crippen LogP contribution in [0.3, 0.4) is 0 Å². The number of nitrogens with one attached hydrogen (secondary N) is 2. The van der Waals surface area contributed by atoms with Crippen molar-refractivity contribution in [1.29, 1.82) is 0 Å². The van der Waals surface area contributed by atoms with Crippen LogP contribution < -0.4 is 20.1 Å². The molecule has 0 radical (unpaired) electrons. The highest BCUT2D eigenvalue weighted by atomic mass is 35.5. The number of anilines is 2. The molecule has 0 bridgehead atoms. The van der Waals surface area contributed by atoms with Gasteiger partial charge in [0.1, 0.15) is 11.5 Å². The van der Waals surface area contributed by atoms with Crippen molar-refractivity contribution in [3.63, 3.8) is 0 Å². The molecule has 0 aliphatic carbocycles. The number of fused-ring (bicyclic) bond motifs is 4. The lowest BCUT2D eigenvalue weighted by molar-refractivity contribution is -0.189. The minimum absolute atomic E-state index is 0.186. The van der Waals surface area contributed by atoms with E-state index in [2.05, 4.69) is 30.1 Å². The fraction of sp³-hybridized carbons (Fsp3) is 0.125. The number of carbonyl (C=O) groups excluding carboxylic acids is 2. The molecule has 8 nitrogen and oxygen atoms in total. The number of esters is 2. The van der Waals surface area contributed by atoms with Gasteiger partial charge in [-0.1, -0.05) is 23.2 Å². The van der Waals surface area contributed by atoms with Crippen molar-refractivity contribution < 1.29 is 45.4 Å². The number of rotatable bonds is 7. The third-order valence-electron chi connectivity index (χ3n) is 7.03. The van der Waals surface area contributed by atoms with E-state index in [-0.39, 0.29) is 24.6 Å². The van der Waals surface area contributed by atoms with Crippen LogP contribution in [-0.4, -0.2) is 47.3 Å². The summed E-state index contributed by atoms with van der Waals surface area (Å²) in [6.45, 7) is 0.371. The van der Waals surface area contributed by atoms with Crippen molar-refractivity contribution in [1.82, 2.24) is 9.97 Å². The molecular weight excluding hydrogens is 689 g/mol. The Balaban J connectivity index is 1.34. The zero-order valence-electron chi connectivity index (χ0n) is 23.9. The third kappa shape index (κ3) is 6.80. The van der Waals surface area contributed by atoms with Crippen molar-refractivity contribution in [2.24, 2.45) is 0 Å². The van der Waals surface area contributed by atoms with Gasteiger partial charge in [0.2, 0.25) is 0 Å². The Labute approximate surface area is 275 Å². The van der Waals surface area contributed by atoms with E-state index in [9.17, 15) is 35.9 Å². The van der Waals surface area contributed by atoms with Gasteiger partial charge in [-0.15, -0.1) is 0 Å². The van der Waals surface area contributed by atoms with Crippen LogP contribution in [0.4, 0.5) is 37.7 Å². The highest BCUT2D eigenvalue weighted by molar-refractivity contribution is 6.32. The SMILES string of the molecule is O=C(Oc1ccc2nc3cc(Cl)ccc3c(NCCNc3c4ccc(Cl)cc4nc4ccc(OC(=O)C(F)(F)F)cc34)c2c1)C(F)(F)F. The standard InChI is InChI=1S/C32H18Cl2F6N4O4/c33-15-1-5-19-25(11-15)43-23-7-3-17(47-29(45)31(35,36)37)13-21(23)27(19)41-9-10-42-28-20-6-2-16(34)12-26(20)44-24-8-4-18(14-22(24)28)48-30(46)32(38,39)40/h1-8,11-14H,9-10H2,(H,41,43)(H,42,44). The van der Waals surface area contributed by atoms with Crippen molar-refractivity contribution in [3.05, 3.63) is 82.8 Å². The number of ether oxygens (including phenoxy) is 2. The Bertz CT molecular complexity index is 2100. The van der Waals surface area contributed by atoms with Crippen LogP contribution in [0.5, 0.6) is 11.5 Å². The van der Waals surface area contributed by atoms with Gasteiger partial charge >= 0.3 is 24.3 Å². The van der Waals surface area contributed by atoms with Crippen LogP contribution >= 0.6 is 23.2 Å². The molecule has 0 spiro atoms. The number of hydrogen-bond acceptors (Lipinski definition) is 8. The lowest BCUT2D eigenvalue weighted by Gasteiger charge is -2.17. The average Bonchev–Trinajstić information content (AvgIpc) is 3.01. The molecule has 246 valence electrons. The second kappa shape index (κ2) is 12.5. The van der Waals surface area contributed by atoms with Gasteiger partial charge < -0.3 is 20.1 Å². The van der Waals surface area contributed by atoms with Gasteiger partial charge in [-0.25, -0.2) is 19.6 Å². The molecule has 0 atom stereocenters. The molecule has 0 aliphatic rings. The smallest absolute Gasteiger partial charge is 0.420 e. The number of carbonyl (C=O) groups is 2. The summed E-state index contributed by atoms with van der Waals surface area (Å²) in [5.74, 6) is -5.46. The molecule has 16 heteroatoms. The molecule has 6 rings (SSSR count). The van der Waals surface area contributed by atoms with Gasteiger partial charge in [-0.05, 0) is 72.8 Å². The monoisotopic (exact) mass is 706 g/mol. The molecule has 0 saturated heterocycles. The molecule has 2 heterocycles. The Morgan fingerprint density at radius 3 is 1.33 bits per heavy atom. The molecule has 2 aromatic heterocycles. The third-order valence-corrected chi connectivity index (χ3v) is 7.50. The minimum Gasteiger partial charge on any atom is -0.420 e. The normalized spacial score (nSPS) is 12.1. The number of hydrogen-bond donors (Lipinski definition) is 2. The van der Waals surface area contributed by atoms with Gasteiger partial charge in [-0.3, -0.25) is 0 Å². The van der Waals surface area contributed by atoms with Crippen LogP contribution in [0.2, 0.25) is 10.0 Å². The van der Waals surface area contributed by atoms with E-state index in [0.717, 1.165) is 0 Å². The Hall–Kier alpha value is -5.08. The molecular formula is C32H18Cl2F6N4O4. The van der Waals surface area contributed by atoms with E-state index in [1.807, 2.05) is 0 Å². The second-order valence-corrected chi connectivity index (χ2v) is 11.2. The van der Waals surface area contributed by atoms with Crippen LogP contribution in [0.15, 0.2) is 72.8 Å². The maximum atomic E-state index is 12.9. The summed E-state index contributed by atoms with van der Waals surface area (Å²) < 4.78 is 86.3. The number of aromatic nitrogens is 2. The number of alkyl halides is 6. The molecule has 0 fully saturated rings. The lowest BCUT2D eigenvalue weighted by Crippen LogP contribution is -2.27. The first-order chi connectivity index (χ1) is 22.7. The Kier molecular flexibility index (Phi) is 8.56. The molecule has 0 aliphatic heterocycles. The van der Waals surface area contributed by atoms with E-state index in [1.54, 1.807) is 36.4 Å². The topological polar surface area (TPSA) is 102 Å². The Morgan fingerprint density at radius 1 is 0.562 bits per heavy atom. The molecule has 0 unspecified atom stereocenters. The van der Waals surface area contributed by atoms with E-state index in [0.29, 0.717) is 65.0 Å². The molecule has 0 saturated carbocycles. The summed E-state index contributed by atoms with van der Waals surface area (Å²) in [5, 5.41) is 9.13. The van der Waals surface area contributed by atoms with Crippen LogP contribution in [-0.2, 0) is 9.59 Å². The van der Waals surface area contributed by atoms with Crippen LogP contribution in [0.1, 0.15) is 0 Å². The highest BCUT2D eigenvalue weighted by Crippen LogP contribution is 2.37. The fourth-order valence-corrected chi connectivity index (χ4v) is 5.34. The first kappa shape index (κ1) is 32.8. The van der Waals surface area contributed by atoms with Gasteiger partial charge in [0.05, 0.1) is 33.4 Å². The Morgan fingerprint density at radius 2 is 0.958 bits per heavy atom. The molecule has 48 heavy (non-hydrogen) atoms. The summed E-state index contributed by atoms with van der Waals surface area (Å²) in [6, 6.07) is 17.5. The van der Waals surface area contributed by atoms with Gasteiger partial charge in [-0.2, -0.15) is 26.3 Å². The summed E-state index contributed by atoms with van der Waals surface area (Å²) in [5.41, 5.74) is 2.61. The largest absolute Gasteiger partial charge is 0.491 e. The van der Waals surface area contributed by atoms with Crippen molar-refractivity contribution >= 4 is 90.1 Å². The molecule has 6 aromatic rings. The first-order valence-electron chi connectivity index (χ1n) is 13.8. The summed E-state index contributed by atoms with van der Waals surface area (Å²) in [4.78, 5) is 32.0. The lowest BCUT2D eigenvalue weighted by atomic mass is 10.1. The predicted octanol–water partition coefficient (Wildman–Crippen LogP) is 8.86. The molecule has 0 amide bonds. The van der Waals surface area contributed by atoms with E-state index < -0.39 is 24.3 Å². The van der Waals surface area contributed by atoms with Gasteiger partial charge in [0.25, 0.3) is 0 Å². The minimum atomic E-state index is -5.20. The highest BCUT2D eigenvalue weighted by Gasteiger charge is 2.42. The average molecular weight is 707 g/mol. The van der Waals surface area contributed by atoms with Gasteiger partial charge in [0.15, 0.2) is 0 Å². The number of pyridine rings is 2. The van der Waals surface area contributed by atoms with Gasteiger partial charge in [0, 0.05) is 44.7 Å². The van der Waals surface area contributed by atoms with E-state index in [1.165, 1.54) is 36.4 Å². The number of benzene rings is 4. The number of nitrogens with zero attached hydrogens (tertiary/aromatic N) is 2. The van der Waals surface area contributed by atoms with E-state index in [4.69, 9.17) is 23.2 Å². The maximum absolute atomic E-state index is 12.9. The summed E-state index contributed by atoms with van der Waals surface area (Å²) in [6.07, 6.45) is -10.4. The summed E-state index contributed by atoms with van der Waals surface area (Å²) >= 11 is 12.4. The van der Waals surface area contributed by atoms with Crippen molar-refractivity contribution in [3.8, 4) is 11.5 Å².